The van der Waals surface area contributed by atoms with Crippen LogP contribution in [0.15, 0.2) is 48.5 Å². The van der Waals surface area contributed by atoms with Gasteiger partial charge >= 0.3 is 6.03 Å². The lowest BCUT2D eigenvalue weighted by atomic mass is 10.2. The summed E-state index contributed by atoms with van der Waals surface area (Å²) in [7, 11) is 3.88. The van der Waals surface area contributed by atoms with Gasteiger partial charge in [-0.3, -0.25) is 4.79 Å². The lowest BCUT2D eigenvalue weighted by molar-refractivity contribution is -0.115. The molecule has 6 nitrogen and oxygen atoms in total. The van der Waals surface area contributed by atoms with Crippen molar-refractivity contribution in [3.8, 4) is 0 Å². The fourth-order valence-electron chi connectivity index (χ4n) is 1.92. The maximum atomic E-state index is 11.9. The predicted molar refractivity (Wildman–Crippen MR) is 97.9 cm³/mol. The molecule has 0 aromatic heterocycles. The average molecular weight is 347 g/mol. The summed E-state index contributed by atoms with van der Waals surface area (Å²) in [4.78, 5) is 25.6. The van der Waals surface area contributed by atoms with Crippen LogP contribution in [0.5, 0.6) is 0 Å². The zero-order chi connectivity index (χ0) is 17.5. The molecule has 2 rings (SSSR count). The number of urea groups is 1. The Hall–Kier alpha value is -2.73. The predicted octanol–water partition coefficient (Wildman–Crippen LogP) is 3.17. The summed E-state index contributed by atoms with van der Waals surface area (Å²) >= 11 is 5.77. The molecular formula is C17H19ClN4O2. The number of anilines is 3. The van der Waals surface area contributed by atoms with Crippen molar-refractivity contribution in [2.45, 2.75) is 0 Å². The van der Waals surface area contributed by atoms with E-state index in [-0.39, 0.29) is 12.5 Å². The first kappa shape index (κ1) is 17.6. The minimum Gasteiger partial charge on any atom is -0.378 e. The molecule has 126 valence electrons. The Morgan fingerprint density at radius 3 is 2.04 bits per heavy atom. The standard InChI is InChI=1S/C17H19ClN4O2/c1-22(2)15-9-7-13(8-10-15)20-16(23)11-19-17(24)21-14-5-3-12(18)4-6-14/h3-10H,11H2,1-2H3,(H,20,23)(H2,19,21,24). The molecule has 0 saturated heterocycles. The second-order valence-corrected chi connectivity index (χ2v) is 5.74. The molecule has 0 unspecified atom stereocenters. The van der Waals surface area contributed by atoms with Crippen LogP contribution in [-0.4, -0.2) is 32.6 Å². The Kier molecular flexibility index (Phi) is 6.03. The highest BCUT2D eigenvalue weighted by atomic mass is 35.5. The fraction of sp³-hybridized carbons (Fsp3) is 0.176. The summed E-state index contributed by atoms with van der Waals surface area (Å²) in [5.41, 5.74) is 2.30. The van der Waals surface area contributed by atoms with E-state index in [0.717, 1.165) is 5.69 Å². The molecule has 0 radical (unpaired) electrons. The van der Waals surface area contributed by atoms with Crippen LogP contribution in [0.4, 0.5) is 21.9 Å². The normalized spacial score (nSPS) is 9.96. The Labute approximate surface area is 145 Å². The van der Waals surface area contributed by atoms with Gasteiger partial charge in [-0.15, -0.1) is 0 Å². The molecule has 2 aromatic carbocycles. The van der Waals surface area contributed by atoms with E-state index in [1.165, 1.54) is 0 Å². The number of hydrogen-bond acceptors (Lipinski definition) is 3. The molecule has 0 aliphatic rings. The summed E-state index contributed by atoms with van der Waals surface area (Å²) in [6.07, 6.45) is 0. The van der Waals surface area contributed by atoms with Gasteiger partial charge in [0.25, 0.3) is 0 Å². The van der Waals surface area contributed by atoms with Crippen LogP contribution in [-0.2, 0) is 4.79 Å². The molecule has 0 fully saturated rings. The van der Waals surface area contributed by atoms with Gasteiger partial charge in [-0.05, 0) is 48.5 Å². The van der Waals surface area contributed by atoms with E-state index in [1.54, 1.807) is 36.4 Å². The SMILES string of the molecule is CN(C)c1ccc(NC(=O)CNC(=O)Nc2ccc(Cl)cc2)cc1. The molecule has 3 amide bonds. The molecule has 2 aromatic rings. The van der Waals surface area contributed by atoms with E-state index >= 15 is 0 Å². The van der Waals surface area contributed by atoms with Gasteiger partial charge in [0.2, 0.25) is 5.91 Å². The minimum atomic E-state index is -0.463. The molecule has 0 aliphatic heterocycles. The van der Waals surface area contributed by atoms with Crippen molar-refractivity contribution in [1.29, 1.82) is 0 Å². The van der Waals surface area contributed by atoms with Crippen molar-refractivity contribution in [3.63, 3.8) is 0 Å². The van der Waals surface area contributed by atoms with E-state index in [2.05, 4.69) is 16.0 Å². The molecule has 0 heterocycles. The van der Waals surface area contributed by atoms with Gasteiger partial charge in [-0.2, -0.15) is 0 Å². The number of rotatable bonds is 5. The molecule has 0 aliphatic carbocycles. The summed E-state index contributed by atoms with van der Waals surface area (Å²) in [6.45, 7) is -0.130. The van der Waals surface area contributed by atoms with Crippen molar-refractivity contribution >= 4 is 40.6 Å². The number of hydrogen-bond donors (Lipinski definition) is 3. The first-order chi connectivity index (χ1) is 11.4. The highest BCUT2D eigenvalue weighted by molar-refractivity contribution is 6.30. The molecule has 24 heavy (non-hydrogen) atoms. The monoisotopic (exact) mass is 346 g/mol. The van der Waals surface area contributed by atoms with Crippen molar-refractivity contribution < 1.29 is 9.59 Å². The quantitative estimate of drug-likeness (QED) is 0.778. The highest BCUT2D eigenvalue weighted by Gasteiger charge is 2.06. The molecule has 3 N–H and O–H groups in total. The average Bonchev–Trinajstić information content (AvgIpc) is 2.55. The minimum absolute atomic E-state index is 0.130. The molecule has 0 bridgehead atoms. The van der Waals surface area contributed by atoms with Crippen molar-refractivity contribution in [3.05, 3.63) is 53.6 Å². The van der Waals surface area contributed by atoms with Gasteiger partial charge in [-0.25, -0.2) is 4.79 Å². The Morgan fingerprint density at radius 1 is 0.917 bits per heavy atom. The number of carbonyl (C=O) groups is 2. The van der Waals surface area contributed by atoms with Crippen molar-refractivity contribution in [2.24, 2.45) is 0 Å². The number of nitrogens with one attached hydrogen (secondary N) is 3. The third kappa shape index (κ3) is 5.48. The van der Waals surface area contributed by atoms with Gasteiger partial charge < -0.3 is 20.9 Å². The highest BCUT2D eigenvalue weighted by Crippen LogP contribution is 2.15. The zero-order valence-corrected chi connectivity index (χ0v) is 14.2. The van der Waals surface area contributed by atoms with Crippen molar-refractivity contribution in [1.82, 2.24) is 5.32 Å². The number of carbonyl (C=O) groups excluding carboxylic acids is 2. The number of benzene rings is 2. The smallest absolute Gasteiger partial charge is 0.319 e. The first-order valence-electron chi connectivity index (χ1n) is 7.32. The molecular weight excluding hydrogens is 328 g/mol. The van der Waals surface area contributed by atoms with E-state index in [9.17, 15) is 9.59 Å². The van der Waals surface area contributed by atoms with E-state index in [1.807, 2.05) is 31.1 Å². The van der Waals surface area contributed by atoms with Gasteiger partial charge in [0.05, 0.1) is 6.54 Å². The molecule has 0 atom stereocenters. The maximum Gasteiger partial charge on any atom is 0.319 e. The zero-order valence-electron chi connectivity index (χ0n) is 13.5. The van der Waals surface area contributed by atoms with E-state index in [0.29, 0.717) is 16.4 Å². The van der Waals surface area contributed by atoms with Gasteiger partial charge in [0.15, 0.2) is 0 Å². The van der Waals surface area contributed by atoms with Crippen LogP contribution in [0.2, 0.25) is 5.02 Å². The van der Waals surface area contributed by atoms with Crippen LogP contribution < -0.4 is 20.9 Å². The maximum absolute atomic E-state index is 11.9. The van der Waals surface area contributed by atoms with E-state index in [4.69, 9.17) is 11.6 Å². The van der Waals surface area contributed by atoms with Crippen LogP contribution in [0, 0.1) is 0 Å². The van der Waals surface area contributed by atoms with Gasteiger partial charge in [0, 0.05) is 36.2 Å². The molecule has 0 saturated carbocycles. The van der Waals surface area contributed by atoms with Gasteiger partial charge in [0.1, 0.15) is 0 Å². The summed E-state index contributed by atoms with van der Waals surface area (Å²) in [5.74, 6) is -0.307. The van der Waals surface area contributed by atoms with Crippen LogP contribution in [0.25, 0.3) is 0 Å². The summed E-state index contributed by atoms with van der Waals surface area (Å²) < 4.78 is 0. The first-order valence-corrected chi connectivity index (χ1v) is 7.69. The number of halogens is 1. The molecule has 0 spiro atoms. The Balaban J connectivity index is 1.77. The summed E-state index contributed by atoms with van der Waals surface area (Å²) in [6, 6.07) is 13.6. The third-order valence-electron chi connectivity index (χ3n) is 3.18. The summed E-state index contributed by atoms with van der Waals surface area (Å²) in [5, 5.41) is 8.41. The largest absolute Gasteiger partial charge is 0.378 e. The topological polar surface area (TPSA) is 73.5 Å². The van der Waals surface area contributed by atoms with Crippen LogP contribution in [0.3, 0.4) is 0 Å². The lowest BCUT2D eigenvalue weighted by Crippen LogP contribution is -2.35. The fourth-order valence-corrected chi connectivity index (χ4v) is 2.04. The Bertz CT molecular complexity index is 700. The lowest BCUT2D eigenvalue weighted by Gasteiger charge is -2.13. The van der Waals surface area contributed by atoms with Crippen molar-refractivity contribution in [2.75, 3.05) is 36.2 Å². The second-order valence-electron chi connectivity index (χ2n) is 5.30. The molecule has 7 heteroatoms. The Morgan fingerprint density at radius 2 is 1.46 bits per heavy atom. The van der Waals surface area contributed by atoms with Gasteiger partial charge in [-0.1, -0.05) is 11.6 Å². The van der Waals surface area contributed by atoms with Crippen LogP contribution in [0.1, 0.15) is 0 Å². The third-order valence-corrected chi connectivity index (χ3v) is 3.43. The number of nitrogens with zero attached hydrogens (tertiary/aromatic N) is 1. The number of amides is 3. The van der Waals surface area contributed by atoms with Crippen LogP contribution >= 0.6 is 11.6 Å². The second kappa shape index (κ2) is 8.21. The van der Waals surface area contributed by atoms with E-state index < -0.39 is 6.03 Å².